The van der Waals surface area contributed by atoms with Crippen molar-refractivity contribution < 1.29 is 13.2 Å². The highest BCUT2D eigenvalue weighted by molar-refractivity contribution is 5.90. The van der Waals surface area contributed by atoms with Crippen LogP contribution in [0.5, 0.6) is 0 Å². The number of halogens is 3. The van der Waals surface area contributed by atoms with E-state index in [1.807, 2.05) is 0 Å². The van der Waals surface area contributed by atoms with Crippen LogP contribution in [0.4, 0.5) is 19.0 Å². The average molecular weight is 290 g/mol. The van der Waals surface area contributed by atoms with E-state index in [1.54, 1.807) is 24.5 Å². The number of nitrogen functional groups attached to an aromatic ring is 1. The number of nitrogens with zero attached hydrogens (tertiary/aromatic N) is 3. The summed E-state index contributed by atoms with van der Waals surface area (Å²) in [5, 5.41) is 0.390. The number of fused-ring (bicyclic) bond motifs is 1. The standard InChI is InChI=1S/C14H9F3N4/c15-14(16,17)9-1-2-10-11(7-9)20-13(21-12(10)18)8-3-5-19-6-4-8/h1-7H,(H2,18,20,21). The lowest BCUT2D eigenvalue weighted by atomic mass is 10.1. The van der Waals surface area contributed by atoms with E-state index >= 15 is 0 Å². The maximum absolute atomic E-state index is 12.8. The lowest BCUT2D eigenvalue weighted by molar-refractivity contribution is -0.137. The number of hydrogen-bond acceptors (Lipinski definition) is 4. The van der Waals surface area contributed by atoms with Crippen molar-refractivity contribution in [1.29, 1.82) is 0 Å². The van der Waals surface area contributed by atoms with Gasteiger partial charge in [0.1, 0.15) is 5.82 Å². The maximum Gasteiger partial charge on any atom is 0.416 e. The molecule has 4 nitrogen and oxygen atoms in total. The van der Waals surface area contributed by atoms with Gasteiger partial charge in [-0.25, -0.2) is 9.97 Å². The van der Waals surface area contributed by atoms with E-state index in [9.17, 15) is 13.2 Å². The van der Waals surface area contributed by atoms with Crippen molar-refractivity contribution >= 4 is 16.7 Å². The second-order valence-corrected chi connectivity index (χ2v) is 4.40. The molecule has 0 spiro atoms. The van der Waals surface area contributed by atoms with Crippen LogP contribution in [0.1, 0.15) is 5.56 Å². The Kier molecular flexibility index (Phi) is 2.97. The molecule has 21 heavy (non-hydrogen) atoms. The van der Waals surface area contributed by atoms with E-state index in [2.05, 4.69) is 15.0 Å². The van der Waals surface area contributed by atoms with E-state index in [-0.39, 0.29) is 17.2 Å². The molecule has 3 aromatic rings. The molecule has 1 aromatic carbocycles. The summed E-state index contributed by atoms with van der Waals surface area (Å²) in [4.78, 5) is 12.1. The summed E-state index contributed by atoms with van der Waals surface area (Å²) in [6.07, 6.45) is -1.33. The fourth-order valence-electron chi connectivity index (χ4n) is 1.96. The predicted molar refractivity (Wildman–Crippen MR) is 72.2 cm³/mol. The van der Waals surface area contributed by atoms with Gasteiger partial charge in [-0.15, -0.1) is 0 Å². The monoisotopic (exact) mass is 290 g/mol. The van der Waals surface area contributed by atoms with Crippen molar-refractivity contribution in [2.24, 2.45) is 0 Å². The Bertz CT molecular complexity index is 800. The van der Waals surface area contributed by atoms with E-state index in [0.717, 1.165) is 12.1 Å². The molecular weight excluding hydrogens is 281 g/mol. The van der Waals surface area contributed by atoms with Crippen LogP contribution in [0.15, 0.2) is 42.7 Å². The summed E-state index contributed by atoms with van der Waals surface area (Å²) in [5.41, 5.74) is 5.83. The number of anilines is 1. The second-order valence-electron chi connectivity index (χ2n) is 4.40. The minimum absolute atomic E-state index is 0.139. The number of hydrogen-bond donors (Lipinski definition) is 1. The SMILES string of the molecule is Nc1nc(-c2ccncc2)nc2cc(C(F)(F)F)ccc12. The first-order valence-corrected chi connectivity index (χ1v) is 6.00. The average Bonchev–Trinajstić information content (AvgIpc) is 2.46. The van der Waals surface area contributed by atoms with Crippen LogP contribution < -0.4 is 5.73 Å². The first-order valence-electron chi connectivity index (χ1n) is 6.00. The molecule has 0 aliphatic carbocycles. The van der Waals surface area contributed by atoms with Gasteiger partial charge in [-0.3, -0.25) is 4.98 Å². The largest absolute Gasteiger partial charge is 0.416 e. The van der Waals surface area contributed by atoms with Crippen LogP contribution >= 0.6 is 0 Å². The highest BCUT2D eigenvalue weighted by Gasteiger charge is 2.30. The van der Waals surface area contributed by atoms with Crippen LogP contribution in [-0.4, -0.2) is 15.0 Å². The van der Waals surface area contributed by atoms with Gasteiger partial charge in [0.2, 0.25) is 0 Å². The van der Waals surface area contributed by atoms with Crippen molar-refractivity contribution in [3.05, 3.63) is 48.3 Å². The molecule has 0 aliphatic rings. The summed E-state index contributed by atoms with van der Waals surface area (Å²) in [6, 6.07) is 6.54. The van der Waals surface area contributed by atoms with Crippen molar-refractivity contribution in [2.45, 2.75) is 6.18 Å². The number of rotatable bonds is 1. The molecule has 2 N–H and O–H groups in total. The number of benzene rings is 1. The van der Waals surface area contributed by atoms with Gasteiger partial charge in [0.15, 0.2) is 5.82 Å². The predicted octanol–water partition coefficient (Wildman–Crippen LogP) is 3.29. The number of aromatic nitrogens is 3. The lowest BCUT2D eigenvalue weighted by Gasteiger charge is -2.09. The van der Waals surface area contributed by atoms with Gasteiger partial charge in [0, 0.05) is 23.3 Å². The van der Waals surface area contributed by atoms with Crippen LogP contribution in [0.2, 0.25) is 0 Å². The summed E-state index contributed by atoms with van der Waals surface area (Å²) in [5.74, 6) is 0.405. The third-order valence-corrected chi connectivity index (χ3v) is 2.99. The van der Waals surface area contributed by atoms with Crippen LogP contribution in [0, 0.1) is 0 Å². The van der Waals surface area contributed by atoms with E-state index in [4.69, 9.17) is 5.73 Å². The number of pyridine rings is 1. The Morgan fingerprint density at radius 2 is 1.67 bits per heavy atom. The molecule has 3 rings (SSSR count). The van der Waals surface area contributed by atoms with Gasteiger partial charge in [-0.2, -0.15) is 13.2 Å². The van der Waals surface area contributed by atoms with Crippen LogP contribution in [0.3, 0.4) is 0 Å². The normalized spacial score (nSPS) is 11.8. The Labute approximate surface area is 117 Å². The Hall–Kier alpha value is -2.70. The van der Waals surface area contributed by atoms with Crippen molar-refractivity contribution in [2.75, 3.05) is 5.73 Å². The molecule has 0 saturated carbocycles. The van der Waals surface area contributed by atoms with E-state index in [1.165, 1.54) is 6.07 Å². The fraction of sp³-hybridized carbons (Fsp3) is 0.0714. The number of alkyl halides is 3. The summed E-state index contributed by atoms with van der Waals surface area (Å²) in [7, 11) is 0. The Balaban J connectivity index is 2.22. The molecule has 2 aromatic heterocycles. The summed E-state index contributed by atoms with van der Waals surface area (Å²) < 4.78 is 38.3. The molecule has 0 aliphatic heterocycles. The molecule has 0 unspecified atom stereocenters. The molecule has 2 heterocycles. The third kappa shape index (κ3) is 2.49. The van der Waals surface area contributed by atoms with Crippen molar-refractivity contribution in [3.63, 3.8) is 0 Å². The highest BCUT2D eigenvalue weighted by atomic mass is 19.4. The second kappa shape index (κ2) is 4.69. The summed E-state index contributed by atoms with van der Waals surface area (Å²) in [6.45, 7) is 0. The van der Waals surface area contributed by atoms with Gasteiger partial charge >= 0.3 is 6.18 Å². The minimum atomic E-state index is -4.43. The zero-order chi connectivity index (χ0) is 15.0. The van der Waals surface area contributed by atoms with E-state index in [0.29, 0.717) is 10.9 Å². The zero-order valence-corrected chi connectivity index (χ0v) is 10.6. The Morgan fingerprint density at radius 3 is 2.33 bits per heavy atom. The van der Waals surface area contributed by atoms with Crippen molar-refractivity contribution in [3.8, 4) is 11.4 Å². The fourth-order valence-corrected chi connectivity index (χ4v) is 1.96. The highest BCUT2D eigenvalue weighted by Crippen LogP contribution is 2.32. The topological polar surface area (TPSA) is 64.7 Å². The van der Waals surface area contributed by atoms with Crippen LogP contribution in [0.25, 0.3) is 22.3 Å². The zero-order valence-electron chi connectivity index (χ0n) is 10.6. The lowest BCUT2D eigenvalue weighted by Crippen LogP contribution is -2.05. The Morgan fingerprint density at radius 1 is 0.952 bits per heavy atom. The van der Waals surface area contributed by atoms with Gasteiger partial charge in [0.05, 0.1) is 11.1 Å². The van der Waals surface area contributed by atoms with Crippen molar-refractivity contribution in [1.82, 2.24) is 15.0 Å². The first kappa shape index (κ1) is 13.3. The first-order chi connectivity index (χ1) is 9.95. The van der Waals surface area contributed by atoms with Crippen LogP contribution in [-0.2, 0) is 6.18 Å². The summed E-state index contributed by atoms with van der Waals surface area (Å²) >= 11 is 0. The molecule has 0 atom stereocenters. The molecule has 0 bridgehead atoms. The van der Waals surface area contributed by atoms with E-state index < -0.39 is 11.7 Å². The molecule has 0 amide bonds. The van der Waals surface area contributed by atoms with Gasteiger partial charge in [0.25, 0.3) is 0 Å². The maximum atomic E-state index is 12.8. The minimum Gasteiger partial charge on any atom is -0.383 e. The molecule has 0 saturated heterocycles. The molecule has 7 heteroatoms. The quantitative estimate of drug-likeness (QED) is 0.747. The third-order valence-electron chi connectivity index (χ3n) is 2.99. The van der Waals surface area contributed by atoms with Gasteiger partial charge < -0.3 is 5.73 Å². The molecule has 0 fully saturated rings. The molecule has 0 radical (unpaired) electrons. The smallest absolute Gasteiger partial charge is 0.383 e. The van der Waals surface area contributed by atoms with Gasteiger partial charge in [-0.05, 0) is 30.3 Å². The number of nitrogens with two attached hydrogens (primary N) is 1. The van der Waals surface area contributed by atoms with Gasteiger partial charge in [-0.1, -0.05) is 0 Å². The molecule has 106 valence electrons. The molecular formula is C14H9F3N4.